The molecule has 3 nitrogen and oxygen atoms in total. The highest BCUT2D eigenvalue weighted by molar-refractivity contribution is 5.68. The Morgan fingerprint density at radius 1 is 1.38 bits per heavy atom. The van der Waals surface area contributed by atoms with Crippen LogP contribution in [0.2, 0.25) is 0 Å². The fourth-order valence-electron chi connectivity index (χ4n) is 3.30. The zero-order valence-electron chi connectivity index (χ0n) is 10.8. The standard InChI is InChI=1S/C13H25NO2/c1-4-5-14-13(9-12(15)16)7-10(2)6-11(3)8-13/h10-11,14H,4-9H2,1-3H3,(H,15,16). The van der Waals surface area contributed by atoms with Crippen LogP contribution >= 0.6 is 0 Å². The second-order valence-electron chi connectivity index (χ2n) is 5.63. The molecular formula is C13H25NO2. The molecule has 0 aromatic heterocycles. The van der Waals surface area contributed by atoms with Gasteiger partial charge in [-0.15, -0.1) is 0 Å². The van der Waals surface area contributed by atoms with Gasteiger partial charge in [-0.2, -0.15) is 0 Å². The van der Waals surface area contributed by atoms with Crippen LogP contribution in [0.3, 0.4) is 0 Å². The predicted octanol–water partition coefficient (Wildman–Crippen LogP) is 2.66. The number of carbonyl (C=O) groups is 1. The second kappa shape index (κ2) is 5.67. The molecule has 0 aromatic rings. The average molecular weight is 227 g/mol. The molecule has 0 amide bonds. The topological polar surface area (TPSA) is 49.3 Å². The fourth-order valence-corrected chi connectivity index (χ4v) is 3.30. The van der Waals surface area contributed by atoms with Gasteiger partial charge >= 0.3 is 5.97 Å². The lowest BCUT2D eigenvalue weighted by molar-refractivity contribution is -0.139. The molecule has 2 N–H and O–H groups in total. The Morgan fingerprint density at radius 3 is 2.38 bits per heavy atom. The molecule has 0 radical (unpaired) electrons. The number of carboxylic acids is 1. The van der Waals surface area contributed by atoms with Gasteiger partial charge in [-0.25, -0.2) is 0 Å². The summed E-state index contributed by atoms with van der Waals surface area (Å²) in [6.45, 7) is 7.52. The third kappa shape index (κ3) is 3.78. The first-order chi connectivity index (χ1) is 7.47. The van der Waals surface area contributed by atoms with Gasteiger partial charge in [-0.3, -0.25) is 4.79 Å². The Labute approximate surface area is 98.6 Å². The number of hydrogen-bond donors (Lipinski definition) is 2. The largest absolute Gasteiger partial charge is 0.481 e. The summed E-state index contributed by atoms with van der Waals surface area (Å²) >= 11 is 0. The molecule has 94 valence electrons. The van der Waals surface area contributed by atoms with Crippen molar-refractivity contribution in [3.05, 3.63) is 0 Å². The first-order valence-electron chi connectivity index (χ1n) is 6.44. The molecule has 1 aliphatic carbocycles. The van der Waals surface area contributed by atoms with E-state index in [1.54, 1.807) is 0 Å². The number of nitrogens with one attached hydrogen (secondary N) is 1. The third-order valence-corrected chi connectivity index (χ3v) is 3.52. The number of rotatable bonds is 5. The van der Waals surface area contributed by atoms with Crippen LogP contribution in [0.1, 0.15) is 52.9 Å². The normalized spacial score (nSPS) is 34.9. The first kappa shape index (κ1) is 13.5. The lowest BCUT2D eigenvalue weighted by Gasteiger charge is -2.43. The van der Waals surface area contributed by atoms with E-state index in [0.29, 0.717) is 11.8 Å². The van der Waals surface area contributed by atoms with E-state index in [9.17, 15) is 4.79 Å². The maximum absolute atomic E-state index is 11.0. The molecule has 0 heterocycles. The van der Waals surface area contributed by atoms with E-state index in [2.05, 4.69) is 26.1 Å². The van der Waals surface area contributed by atoms with Crippen LogP contribution in [-0.2, 0) is 4.79 Å². The highest BCUT2D eigenvalue weighted by Gasteiger charge is 2.38. The molecular weight excluding hydrogens is 202 g/mol. The van der Waals surface area contributed by atoms with Crippen molar-refractivity contribution in [1.29, 1.82) is 0 Å². The van der Waals surface area contributed by atoms with Gasteiger partial charge in [0.05, 0.1) is 6.42 Å². The van der Waals surface area contributed by atoms with Crippen LogP contribution < -0.4 is 5.32 Å². The first-order valence-corrected chi connectivity index (χ1v) is 6.44. The zero-order chi connectivity index (χ0) is 12.2. The second-order valence-corrected chi connectivity index (χ2v) is 5.63. The Balaban J connectivity index is 2.71. The molecule has 0 aromatic carbocycles. The van der Waals surface area contributed by atoms with Crippen molar-refractivity contribution in [2.45, 2.75) is 58.4 Å². The van der Waals surface area contributed by atoms with E-state index in [0.717, 1.165) is 25.8 Å². The summed E-state index contributed by atoms with van der Waals surface area (Å²) in [5, 5.41) is 12.6. The van der Waals surface area contributed by atoms with Crippen molar-refractivity contribution in [3.63, 3.8) is 0 Å². The third-order valence-electron chi connectivity index (χ3n) is 3.52. The molecule has 0 bridgehead atoms. The fraction of sp³-hybridized carbons (Fsp3) is 0.923. The van der Waals surface area contributed by atoms with Gasteiger partial charge < -0.3 is 10.4 Å². The van der Waals surface area contributed by atoms with Gasteiger partial charge in [0.15, 0.2) is 0 Å². The summed E-state index contributed by atoms with van der Waals surface area (Å²) in [5.74, 6) is 0.588. The smallest absolute Gasteiger partial charge is 0.305 e. The van der Waals surface area contributed by atoms with Crippen LogP contribution in [0, 0.1) is 11.8 Å². The maximum Gasteiger partial charge on any atom is 0.305 e. The molecule has 1 aliphatic rings. The highest BCUT2D eigenvalue weighted by Crippen LogP contribution is 2.38. The molecule has 1 fully saturated rings. The van der Waals surface area contributed by atoms with Gasteiger partial charge in [-0.1, -0.05) is 20.8 Å². The molecule has 1 rings (SSSR count). The molecule has 0 saturated heterocycles. The summed E-state index contributed by atoms with van der Waals surface area (Å²) in [6, 6.07) is 0. The van der Waals surface area contributed by atoms with E-state index in [4.69, 9.17) is 5.11 Å². The summed E-state index contributed by atoms with van der Waals surface area (Å²) in [7, 11) is 0. The minimum absolute atomic E-state index is 0.154. The van der Waals surface area contributed by atoms with E-state index in [1.807, 2.05) is 0 Å². The highest BCUT2D eigenvalue weighted by atomic mass is 16.4. The summed E-state index contributed by atoms with van der Waals surface area (Å²) < 4.78 is 0. The molecule has 1 saturated carbocycles. The minimum atomic E-state index is -0.676. The quantitative estimate of drug-likeness (QED) is 0.759. The van der Waals surface area contributed by atoms with Crippen molar-refractivity contribution in [1.82, 2.24) is 5.32 Å². The van der Waals surface area contributed by atoms with E-state index >= 15 is 0 Å². The monoisotopic (exact) mass is 227 g/mol. The van der Waals surface area contributed by atoms with Crippen LogP contribution in [0.15, 0.2) is 0 Å². The minimum Gasteiger partial charge on any atom is -0.481 e. The van der Waals surface area contributed by atoms with Crippen molar-refractivity contribution in [2.24, 2.45) is 11.8 Å². The Hall–Kier alpha value is -0.570. The number of aliphatic carboxylic acids is 1. The van der Waals surface area contributed by atoms with E-state index in [-0.39, 0.29) is 12.0 Å². The van der Waals surface area contributed by atoms with Crippen molar-refractivity contribution in [3.8, 4) is 0 Å². The van der Waals surface area contributed by atoms with Gasteiger partial charge in [0, 0.05) is 5.54 Å². The molecule has 0 spiro atoms. The van der Waals surface area contributed by atoms with Gasteiger partial charge in [-0.05, 0) is 44.1 Å². The van der Waals surface area contributed by atoms with Crippen LogP contribution in [0.25, 0.3) is 0 Å². The molecule has 2 atom stereocenters. The maximum atomic E-state index is 11.0. The Bertz CT molecular complexity index is 230. The van der Waals surface area contributed by atoms with Crippen molar-refractivity contribution >= 4 is 5.97 Å². The number of carboxylic acid groups (broad SMARTS) is 1. The van der Waals surface area contributed by atoms with Gasteiger partial charge in [0.1, 0.15) is 0 Å². The Morgan fingerprint density at radius 2 is 1.94 bits per heavy atom. The molecule has 2 unspecified atom stereocenters. The zero-order valence-corrected chi connectivity index (χ0v) is 10.8. The van der Waals surface area contributed by atoms with Crippen LogP contribution in [0.4, 0.5) is 0 Å². The van der Waals surface area contributed by atoms with Crippen molar-refractivity contribution < 1.29 is 9.90 Å². The predicted molar refractivity (Wildman–Crippen MR) is 65.5 cm³/mol. The van der Waals surface area contributed by atoms with Crippen molar-refractivity contribution in [2.75, 3.05) is 6.54 Å². The van der Waals surface area contributed by atoms with E-state index < -0.39 is 5.97 Å². The average Bonchev–Trinajstić information content (AvgIpc) is 2.11. The Kier molecular flexibility index (Phi) is 4.78. The lowest BCUT2D eigenvalue weighted by atomic mass is 9.70. The van der Waals surface area contributed by atoms with Gasteiger partial charge in [0.2, 0.25) is 0 Å². The molecule has 3 heteroatoms. The van der Waals surface area contributed by atoms with E-state index in [1.165, 1.54) is 6.42 Å². The van der Waals surface area contributed by atoms with Crippen LogP contribution in [0.5, 0.6) is 0 Å². The van der Waals surface area contributed by atoms with Crippen LogP contribution in [-0.4, -0.2) is 23.2 Å². The molecule has 16 heavy (non-hydrogen) atoms. The SMILES string of the molecule is CCCNC1(CC(=O)O)CC(C)CC(C)C1. The summed E-state index contributed by atoms with van der Waals surface area (Å²) in [4.78, 5) is 11.0. The van der Waals surface area contributed by atoms with Gasteiger partial charge in [0.25, 0.3) is 0 Å². The molecule has 0 aliphatic heterocycles. The number of hydrogen-bond acceptors (Lipinski definition) is 2. The summed E-state index contributed by atoms with van der Waals surface area (Å²) in [5.41, 5.74) is -0.154. The summed E-state index contributed by atoms with van der Waals surface area (Å²) in [6.07, 6.45) is 4.56. The lowest BCUT2D eigenvalue weighted by Crippen LogP contribution is -2.51.